The minimum absolute atomic E-state index is 0.0576. The number of amides is 1. The summed E-state index contributed by atoms with van der Waals surface area (Å²) >= 11 is 3.48. The fourth-order valence-corrected chi connectivity index (χ4v) is 3.60. The third-order valence-electron chi connectivity index (χ3n) is 4.84. The van der Waals surface area contributed by atoms with Crippen LogP contribution < -0.4 is 4.74 Å². The second-order valence-electron chi connectivity index (χ2n) is 6.90. The predicted molar refractivity (Wildman–Crippen MR) is 112 cm³/mol. The number of unbranched alkanes of at least 4 members (excludes halogenated alkanes) is 1. The van der Waals surface area contributed by atoms with E-state index < -0.39 is 0 Å². The van der Waals surface area contributed by atoms with Crippen LogP contribution in [0.1, 0.15) is 35.7 Å². The van der Waals surface area contributed by atoms with Gasteiger partial charge in [0, 0.05) is 37.2 Å². The van der Waals surface area contributed by atoms with Crippen molar-refractivity contribution in [1.29, 1.82) is 0 Å². The van der Waals surface area contributed by atoms with Crippen molar-refractivity contribution in [2.45, 2.75) is 26.3 Å². The molecule has 0 saturated carbocycles. The van der Waals surface area contributed by atoms with E-state index in [4.69, 9.17) is 4.74 Å². The molecule has 0 atom stereocenters. The van der Waals surface area contributed by atoms with Gasteiger partial charge in [0.25, 0.3) is 5.91 Å². The Kier molecular flexibility index (Phi) is 7.30. The van der Waals surface area contributed by atoms with Gasteiger partial charge in [-0.15, -0.1) is 0 Å². The van der Waals surface area contributed by atoms with Crippen LogP contribution in [0.2, 0.25) is 0 Å². The zero-order chi connectivity index (χ0) is 19.1. The lowest BCUT2D eigenvalue weighted by molar-refractivity contribution is 0.0624. The molecule has 144 valence electrons. The highest BCUT2D eigenvalue weighted by molar-refractivity contribution is 9.10. The standard InChI is InChI=1S/C22H27BrN2O2/c1-2-3-15-27-21-10-9-19(23)16-20(21)22(26)25-13-11-24(12-14-25)17-18-7-5-4-6-8-18/h4-10,16H,2-3,11-15,17H2,1H3. The molecule has 1 saturated heterocycles. The van der Waals surface area contributed by atoms with Gasteiger partial charge in [0.05, 0.1) is 12.2 Å². The number of nitrogens with zero attached hydrogens (tertiary/aromatic N) is 2. The van der Waals surface area contributed by atoms with Crippen LogP contribution in [0.15, 0.2) is 53.0 Å². The van der Waals surface area contributed by atoms with E-state index in [2.05, 4.69) is 52.0 Å². The number of halogens is 1. The maximum Gasteiger partial charge on any atom is 0.257 e. The summed E-state index contributed by atoms with van der Waals surface area (Å²) in [5, 5.41) is 0. The van der Waals surface area contributed by atoms with Crippen LogP contribution in [-0.2, 0) is 6.54 Å². The normalized spacial score (nSPS) is 15.0. The summed E-state index contributed by atoms with van der Waals surface area (Å²) in [6.45, 7) is 6.97. The second kappa shape index (κ2) is 9.90. The Bertz CT molecular complexity index is 743. The number of carbonyl (C=O) groups is 1. The number of benzene rings is 2. The van der Waals surface area contributed by atoms with Crippen molar-refractivity contribution in [3.8, 4) is 5.75 Å². The molecule has 1 aliphatic rings. The molecule has 3 rings (SSSR count). The molecule has 1 heterocycles. The Balaban J connectivity index is 1.61. The number of hydrogen-bond acceptors (Lipinski definition) is 3. The molecule has 1 aliphatic heterocycles. The summed E-state index contributed by atoms with van der Waals surface area (Å²) in [7, 11) is 0. The molecule has 0 radical (unpaired) electrons. The molecule has 1 fully saturated rings. The van der Waals surface area contributed by atoms with Crippen LogP contribution >= 0.6 is 15.9 Å². The van der Waals surface area contributed by atoms with Crippen molar-refractivity contribution in [1.82, 2.24) is 9.80 Å². The van der Waals surface area contributed by atoms with E-state index in [1.165, 1.54) is 5.56 Å². The number of ether oxygens (including phenoxy) is 1. The smallest absolute Gasteiger partial charge is 0.257 e. The Morgan fingerprint density at radius 1 is 1.07 bits per heavy atom. The zero-order valence-corrected chi connectivity index (χ0v) is 17.5. The van der Waals surface area contributed by atoms with Crippen molar-refractivity contribution in [3.05, 3.63) is 64.1 Å². The van der Waals surface area contributed by atoms with Gasteiger partial charge in [-0.3, -0.25) is 9.69 Å². The number of rotatable bonds is 7. The Hall–Kier alpha value is -1.85. The van der Waals surface area contributed by atoms with E-state index in [0.717, 1.165) is 50.0 Å². The van der Waals surface area contributed by atoms with Gasteiger partial charge in [0.15, 0.2) is 0 Å². The first-order valence-electron chi connectivity index (χ1n) is 9.65. The second-order valence-corrected chi connectivity index (χ2v) is 7.81. The van der Waals surface area contributed by atoms with Crippen LogP contribution in [0, 0.1) is 0 Å². The SMILES string of the molecule is CCCCOc1ccc(Br)cc1C(=O)N1CCN(Cc2ccccc2)CC1. The maximum atomic E-state index is 13.1. The molecule has 0 aliphatic carbocycles. The summed E-state index contributed by atoms with van der Waals surface area (Å²) < 4.78 is 6.77. The quantitative estimate of drug-likeness (QED) is 0.602. The van der Waals surface area contributed by atoms with Crippen molar-refractivity contribution in [3.63, 3.8) is 0 Å². The van der Waals surface area contributed by atoms with Gasteiger partial charge in [-0.2, -0.15) is 0 Å². The molecule has 5 heteroatoms. The van der Waals surface area contributed by atoms with Gasteiger partial charge >= 0.3 is 0 Å². The average Bonchev–Trinajstić information content (AvgIpc) is 2.70. The minimum atomic E-state index is 0.0576. The molecule has 0 bridgehead atoms. The first kappa shape index (κ1) is 19.9. The molecule has 0 aromatic heterocycles. The molecule has 0 unspecified atom stereocenters. The lowest BCUT2D eigenvalue weighted by Crippen LogP contribution is -2.48. The van der Waals surface area contributed by atoms with Crippen molar-refractivity contribution >= 4 is 21.8 Å². The first-order chi connectivity index (χ1) is 13.2. The first-order valence-corrected chi connectivity index (χ1v) is 10.4. The van der Waals surface area contributed by atoms with E-state index in [-0.39, 0.29) is 5.91 Å². The average molecular weight is 431 g/mol. The van der Waals surface area contributed by atoms with Gasteiger partial charge in [0.1, 0.15) is 5.75 Å². The van der Waals surface area contributed by atoms with E-state index >= 15 is 0 Å². The molecular weight excluding hydrogens is 404 g/mol. The Labute approximate surface area is 170 Å². The molecule has 2 aromatic carbocycles. The van der Waals surface area contributed by atoms with Crippen LogP contribution in [-0.4, -0.2) is 48.5 Å². The lowest BCUT2D eigenvalue weighted by Gasteiger charge is -2.35. The molecule has 1 amide bonds. The third kappa shape index (κ3) is 5.56. The van der Waals surface area contributed by atoms with Gasteiger partial charge in [0.2, 0.25) is 0 Å². The summed E-state index contributed by atoms with van der Waals surface area (Å²) in [5.41, 5.74) is 1.97. The topological polar surface area (TPSA) is 32.8 Å². The summed E-state index contributed by atoms with van der Waals surface area (Å²) in [5.74, 6) is 0.741. The minimum Gasteiger partial charge on any atom is -0.493 e. The van der Waals surface area contributed by atoms with Crippen LogP contribution in [0.3, 0.4) is 0 Å². The van der Waals surface area contributed by atoms with Crippen molar-refractivity contribution < 1.29 is 9.53 Å². The van der Waals surface area contributed by atoms with Crippen molar-refractivity contribution in [2.24, 2.45) is 0 Å². The molecule has 0 spiro atoms. The zero-order valence-electron chi connectivity index (χ0n) is 15.9. The molecular formula is C22H27BrN2O2. The molecule has 2 aromatic rings. The van der Waals surface area contributed by atoms with Gasteiger partial charge < -0.3 is 9.64 Å². The van der Waals surface area contributed by atoms with Crippen LogP contribution in [0.4, 0.5) is 0 Å². The van der Waals surface area contributed by atoms with Gasteiger partial charge in [-0.1, -0.05) is 59.6 Å². The van der Waals surface area contributed by atoms with Crippen LogP contribution in [0.5, 0.6) is 5.75 Å². The van der Waals surface area contributed by atoms with Gasteiger partial charge in [-0.05, 0) is 30.2 Å². The highest BCUT2D eigenvalue weighted by Gasteiger charge is 2.24. The summed E-state index contributed by atoms with van der Waals surface area (Å²) in [4.78, 5) is 17.4. The predicted octanol–water partition coefficient (Wildman–Crippen LogP) is 4.59. The highest BCUT2D eigenvalue weighted by atomic mass is 79.9. The maximum absolute atomic E-state index is 13.1. The van der Waals surface area contributed by atoms with E-state index in [1.54, 1.807) is 0 Å². The fourth-order valence-electron chi connectivity index (χ4n) is 3.24. The molecule has 0 N–H and O–H groups in total. The van der Waals surface area contributed by atoms with E-state index in [0.29, 0.717) is 17.9 Å². The number of carbonyl (C=O) groups excluding carboxylic acids is 1. The lowest BCUT2D eigenvalue weighted by atomic mass is 10.1. The summed E-state index contributed by atoms with van der Waals surface area (Å²) in [6.07, 6.45) is 2.06. The summed E-state index contributed by atoms with van der Waals surface area (Å²) in [6, 6.07) is 16.2. The van der Waals surface area contributed by atoms with Crippen LogP contribution in [0.25, 0.3) is 0 Å². The Morgan fingerprint density at radius 3 is 2.52 bits per heavy atom. The Morgan fingerprint density at radius 2 is 1.81 bits per heavy atom. The fraction of sp³-hybridized carbons (Fsp3) is 0.409. The number of hydrogen-bond donors (Lipinski definition) is 0. The highest BCUT2D eigenvalue weighted by Crippen LogP contribution is 2.25. The molecule has 27 heavy (non-hydrogen) atoms. The molecule has 4 nitrogen and oxygen atoms in total. The van der Waals surface area contributed by atoms with Gasteiger partial charge in [-0.25, -0.2) is 0 Å². The monoisotopic (exact) mass is 430 g/mol. The number of piperazine rings is 1. The largest absolute Gasteiger partial charge is 0.493 e. The van der Waals surface area contributed by atoms with E-state index in [9.17, 15) is 4.79 Å². The van der Waals surface area contributed by atoms with E-state index in [1.807, 2.05) is 29.2 Å². The third-order valence-corrected chi connectivity index (χ3v) is 5.33. The van der Waals surface area contributed by atoms with Crippen molar-refractivity contribution in [2.75, 3.05) is 32.8 Å².